The largest absolute Gasteiger partial charge is 0.456 e. The second-order valence-corrected chi connectivity index (χ2v) is 13.0. The van der Waals surface area contributed by atoms with Crippen LogP contribution in [0.4, 0.5) is 17.1 Å². The maximum atomic E-state index is 6.33. The Bertz CT molecular complexity index is 2780. The van der Waals surface area contributed by atoms with E-state index >= 15 is 0 Å². The van der Waals surface area contributed by atoms with Crippen molar-refractivity contribution in [2.24, 2.45) is 0 Å². The minimum atomic E-state index is 0.873. The van der Waals surface area contributed by atoms with Gasteiger partial charge in [-0.05, 0) is 77.9 Å². The molecule has 0 aliphatic rings. The Hall–Kier alpha value is -6.17. The van der Waals surface area contributed by atoms with Crippen LogP contribution in [0.25, 0.3) is 75.8 Å². The highest BCUT2D eigenvalue weighted by Gasteiger charge is 2.18. The molecule has 0 aliphatic heterocycles. The van der Waals surface area contributed by atoms with E-state index in [-0.39, 0.29) is 0 Å². The molecule has 10 aromatic rings. The normalized spacial score (nSPS) is 11.8. The highest BCUT2D eigenvalue weighted by Crippen LogP contribution is 2.42. The zero-order valence-corrected chi connectivity index (χ0v) is 26.4. The maximum absolute atomic E-state index is 6.33. The molecule has 0 N–H and O–H groups in total. The molecular formula is C43H26N2O2S. The second kappa shape index (κ2) is 10.7. The lowest BCUT2D eigenvalue weighted by molar-refractivity contribution is 0.668. The van der Waals surface area contributed by atoms with Crippen molar-refractivity contribution >= 4 is 82.5 Å². The lowest BCUT2D eigenvalue weighted by atomic mass is 10.0. The molecule has 0 fully saturated rings. The van der Waals surface area contributed by atoms with E-state index in [2.05, 4.69) is 132 Å². The van der Waals surface area contributed by atoms with Crippen molar-refractivity contribution in [2.45, 2.75) is 0 Å². The fourth-order valence-corrected chi connectivity index (χ4v) is 7.93. The summed E-state index contributed by atoms with van der Waals surface area (Å²) < 4.78 is 13.7. The quantitative estimate of drug-likeness (QED) is 0.189. The second-order valence-electron chi connectivity index (χ2n) is 12.0. The predicted molar refractivity (Wildman–Crippen MR) is 200 cm³/mol. The maximum Gasteiger partial charge on any atom is 0.137 e. The highest BCUT2D eigenvalue weighted by molar-refractivity contribution is 7.22. The van der Waals surface area contributed by atoms with Crippen LogP contribution in [0.1, 0.15) is 0 Å². The minimum Gasteiger partial charge on any atom is -0.456 e. The molecule has 5 heteroatoms. The van der Waals surface area contributed by atoms with E-state index in [4.69, 9.17) is 13.8 Å². The van der Waals surface area contributed by atoms with Crippen molar-refractivity contribution < 1.29 is 8.83 Å². The van der Waals surface area contributed by atoms with Crippen LogP contribution < -0.4 is 4.90 Å². The van der Waals surface area contributed by atoms with Crippen LogP contribution >= 0.6 is 11.3 Å². The number of para-hydroxylation sites is 2. The summed E-state index contributed by atoms with van der Waals surface area (Å²) in [6.07, 6.45) is 0. The molecule has 0 bridgehead atoms. The molecule has 0 amide bonds. The van der Waals surface area contributed by atoms with Gasteiger partial charge >= 0.3 is 0 Å². The van der Waals surface area contributed by atoms with Gasteiger partial charge < -0.3 is 13.7 Å². The molecule has 3 heterocycles. The van der Waals surface area contributed by atoms with E-state index in [0.29, 0.717) is 0 Å². The number of hydrogen-bond donors (Lipinski definition) is 0. The smallest absolute Gasteiger partial charge is 0.137 e. The molecule has 0 saturated heterocycles. The molecule has 48 heavy (non-hydrogen) atoms. The van der Waals surface area contributed by atoms with Crippen LogP contribution in [0, 0.1) is 0 Å². The molecule has 0 saturated carbocycles. The van der Waals surface area contributed by atoms with E-state index in [1.807, 2.05) is 30.3 Å². The monoisotopic (exact) mass is 634 g/mol. The number of benzene rings is 7. The molecule has 7 aromatic carbocycles. The lowest BCUT2D eigenvalue weighted by Gasteiger charge is -2.25. The number of fused-ring (bicyclic) bond motifs is 8. The first-order chi connectivity index (χ1) is 23.8. The molecule has 0 atom stereocenters. The van der Waals surface area contributed by atoms with Gasteiger partial charge in [-0.3, -0.25) is 0 Å². The van der Waals surface area contributed by atoms with Crippen LogP contribution in [0.15, 0.2) is 167 Å². The molecule has 10 rings (SSSR count). The molecular weight excluding hydrogens is 609 g/mol. The van der Waals surface area contributed by atoms with Crippen LogP contribution in [-0.2, 0) is 0 Å². The number of hydrogen-bond acceptors (Lipinski definition) is 5. The average Bonchev–Trinajstić information content (AvgIpc) is 3.85. The predicted octanol–water partition coefficient (Wildman–Crippen LogP) is 12.9. The number of nitrogens with zero attached hydrogens (tertiary/aromatic N) is 2. The fraction of sp³-hybridized carbons (Fsp3) is 0. The van der Waals surface area contributed by atoms with Crippen molar-refractivity contribution in [2.75, 3.05) is 4.90 Å². The standard InChI is InChI=1S/C43H26N2O2S/c1-3-9-28(10-4-1)43-44-36-22-24-39-41(42(36)48-43)35-25-29(17-23-38(35)46-39)27-15-18-31(19-16-27)45(30-11-5-2-6-12-30)32-20-21-34-33-13-7-8-14-37(33)47-40(34)26-32/h1-26H. The fourth-order valence-electron chi connectivity index (χ4n) is 6.81. The van der Waals surface area contributed by atoms with Crippen molar-refractivity contribution in [1.82, 2.24) is 4.98 Å². The van der Waals surface area contributed by atoms with Gasteiger partial charge in [-0.25, -0.2) is 4.98 Å². The Morgan fingerprint density at radius 3 is 1.94 bits per heavy atom. The van der Waals surface area contributed by atoms with E-state index in [0.717, 1.165) is 92.9 Å². The molecule has 0 radical (unpaired) electrons. The van der Waals surface area contributed by atoms with Gasteiger partial charge in [-0.2, -0.15) is 0 Å². The molecule has 3 aromatic heterocycles. The van der Waals surface area contributed by atoms with Crippen LogP contribution in [0.5, 0.6) is 0 Å². The Balaban J connectivity index is 1.06. The van der Waals surface area contributed by atoms with Gasteiger partial charge in [0.15, 0.2) is 0 Å². The summed E-state index contributed by atoms with van der Waals surface area (Å²) >= 11 is 1.72. The first-order valence-corrected chi connectivity index (χ1v) is 16.8. The first-order valence-electron chi connectivity index (χ1n) is 15.9. The molecule has 0 unspecified atom stereocenters. The third-order valence-electron chi connectivity index (χ3n) is 9.10. The van der Waals surface area contributed by atoms with Gasteiger partial charge in [-0.15, -0.1) is 11.3 Å². The third kappa shape index (κ3) is 4.33. The minimum absolute atomic E-state index is 0.873. The average molecular weight is 635 g/mol. The van der Waals surface area contributed by atoms with Gasteiger partial charge in [0.1, 0.15) is 27.3 Å². The number of anilines is 3. The summed E-state index contributed by atoms with van der Waals surface area (Å²) in [4.78, 5) is 7.24. The Morgan fingerprint density at radius 1 is 0.438 bits per heavy atom. The topological polar surface area (TPSA) is 42.4 Å². The van der Waals surface area contributed by atoms with Gasteiger partial charge in [0.25, 0.3) is 0 Å². The van der Waals surface area contributed by atoms with E-state index in [1.54, 1.807) is 11.3 Å². The van der Waals surface area contributed by atoms with E-state index < -0.39 is 0 Å². The summed E-state index contributed by atoms with van der Waals surface area (Å²) in [5.74, 6) is 0. The van der Waals surface area contributed by atoms with Crippen LogP contribution in [0.2, 0.25) is 0 Å². The zero-order chi connectivity index (χ0) is 31.6. The van der Waals surface area contributed by atoms with Gasteiger partial charge in [0.05, 0.1) is 10.2 Å². The first kappa shape index (κ1) is 27.0. The van der Waals surface area contributed by atoms with Crippen LogP contribution in [0.3, 0.4) is 0 Å². The Labute approximate surface area is 279 Å². The van der Waals surface area contributed by atoms with Gasteiger partial charge in [0, 0.05) is 50.2 Å². The molecule has 4 nitrogen and oxygen atoms in total. The van der Waals surface area contributed by atoms with E-state index in [1.165, 1.54) is 0 Å². The van der Waals surface area contributed by atoms with Gasteiger partial charge in [0.2, 0.25) is 0 Å². The van der Waals surface area contributed by atoms with E-state index in [9.17, 15) is 0 Å². The number of aromatic nitrogens is 1. The van der Waals surface area contributed by atoms with Crippen LogP contribution in [-0.4, -0.2) is 4.98 Å². The summed E-state index contributed by atoms with van der Waals surface area (Å²) in [6.45, 7) is 0. The summed E-state index contributed by atoms with van der Waals surface area (Å²) in [5.41, 5.74) is 11.1. The highest BCUT2D eigenvalue weighted by atomic mass is 32.1. The lowest BCUT2D eigenvalue weighted by Crippen LogP contribution is -2.09. The van der Waals surface area contributed by atoms with Crippen molar-refractivity contribution in [1.29, 1.82) is 0 Å². The summed E-state index contributed by atoms with van der Waals surface area (Å²) in [5, 5.41) is 5.49. The SMILES string of the molecule is c1ccc(-c2nc3ccc4oc5ccc(-c6ccc(N(c7ccccc7)c7ccc8c(c7)oc7ccccc78)cc6)cc5c4c3s2)cc1. The number of rotatable bonds is 5. The van der Waals surface area contributed by atoms with Crippen molar-refractivity contribution in [3.05, 3.63) is 158 Å². The Morgan fingerprint density at radius 2 is 1.08 bits per heavy atom. The third-order valence-corrected chi connectivity index (χ3v) is 10.2. The summed E-state index contributed by atoms with van der Waals surface area (Å²) in [6, 6.07) is 54.9. The Kier molecular flexibility index (Phi) is 6.01. The van der Waals surface area contributed by atoms with Crippen molar-refractivity contribution in [3.63, 3.8) is 0 Å². The molecule has 226 valence electrons. The van der Waals surface area contributed by atoms with Gasteiger partial charge in [-0.1, -0.05) is 84.9 Å². The zero-order valence-electron chi connectivity index (χ0n) is 25.6. The van der Waals surface area contributed by atoms with Crippen molar-refractivity contribution in [3.8, 4) is 21.7 Å². The number of thiazole rings is 1. The molecule has 0 spiro atoms. The molecule has 0 aliphatic carbocycles. The summed E-state index contributed by atoms with van der Waals surface area (Å²) in [7, 11) is 0. The number of furan rings is 2.